The van der Waals surface area contributed by atoms with Crippen molar-refractivity contribution in [3.05, 3.63) is 58.0 Å². The molecule has 0 atom stereocenters. The van der Waals surface area contributed by atoms with Gasteiger partial charge in [0.05, 0.1) is 6.26 Å². The summed E-state index contributed by atoms with van der Waals surface area (Å²) in [7, 11) is 0. The Kier molecular flexibility index (Phi) is 6.15. The first-order valence-corrected chi connectivity index (χ1v) is 7.64. The van der Waals surface area contributed by atoms with E-state index in [4.69, 9.17) is 27.6 Å². The van der Waals surface area contributed by atoms with Gasteiger partial charge in [-0.05, 0) is 42.7 Å². The summed E-state index contributed by atoms with van der Waals surface area (Å²) in [6.45, 7) is 0.635. The maximum Gasteiger partial charge on any atom is 0.220 e. The number of aryl methyl sites for hydroxylation is 1. The van der Waals surface area contributed by atoms with Gasteiger partial charge >= 0.3 is 0 Å². The lowest BCUT2D eigenvalue weighted by Gasteiger charge is -2.07. The predicted molar refractivity (Wildman–Crippen MR) is 84.8 cm³/mol. The van der Waals surface area contributed by atoms with Crippen molar-refractivity contribution in [1.82, 2.24) is 5.32 Å². The molecule has 0 saturated heterocycles. The van der Waals surface area contributed by atoms with Gasteiger partial charge in [-0.15, -0.1) is 0 Å². The highest BCUT2D eigenvalue weighted by atomic mass is 35.5. The number of benzene rings is 1. The van der Waals surface area contributed by atoms with E-state index in [1.165, 1.54) is 0 Å². The second kappa shape index (κ2) is 8.11. The molecule has 0 aliphatic carbocycles. The van der Waals surface area contributed by atoms with Crippen LogP contribution in [0.5, 0.6) is 0 Å². The molecule has 3 nitrogen and oxygen atoms in total. The first kappa shape index (κ1) is 15.9. The van der Waals surface area contributed by atoms with Crippen molar-refractivity contribution >= 4 is 29.1 Å². The van der Waals surface area contributed by atoms with Crippen molar-refractivity contribution in [1.29, 1.82) is 0 Å². The van der Waals surface area contributed by atoms with E-state index in [9.17, 15) is 4.79 Å². The molecule has 0 aliphatic heterocycles. The van der Waals surface area contributed by atoms with Gasteiger partial charge in [-0.1, -0.05) is 29.3 Å². The number of nitrogens with one attached hydrogen (secondary N) is 1. The van der Waals surface area contributed by atoms with E-state index in [1.54, 1.807) is 24.5 Å². The van der Waals surface area contributed by atoms with Gasteiger partial charge in [0.1, 0.15) is 5.76 Å². The SMILES string of the molecule is O=C(CCc1c(Cl)cccc1Cl)NCCCc1ccco1. The van der Waals surface area contributed by atoms with Gasteiger partial charge in [0.2, 0.25) is 5.91 Å². The van der Waals surface area contributed by atoms with Gasteiger partial charge in [0.15, 0.2) is 0 Å². The first-order chi connectivity index (χ1) is 10.2. The Hall–Kier alpha value is -1.45. The molecule has 0 radical (unpaired) electrons. The number of hydrogen-bond donors (Lipinski definition) is 1. The summed E-state index contributed by atoms with van der Waals surface area (Å²) in [4.78, 5) is 11.8. The van der Waals surface area contributed by atoms with E-state index >= 15 is 0 Å². The Morgan fingerprint density at radius 3 is 2.52 bits per heavy atom. The van der Waals surface area contributed by atoms with Crippen molar-refractivity contribution in [3.63, 3.8) is 0 Å². The standard InChI is InChI=1S/C16H17Cl2NO2/c17-14-6-1-7-15(18)13(14)8-9-16(20)19-10-2-4-12-5-3-11-21-12/h1,3,5-7,11H,2,4,8-10H2,(H,19,20). The van der Waals surface area contributed by atoms with Crippen molar-refractivity contribution in [3.8, 4) is 0 Å². The number of carbonyl (C=O) groups is 1. The molecular weight excluding hydrogens is 309 g/mol. The summed E-state index contributed by atoms with van der Waals surface area (Å²) < 4.78 is 5.23. The number of amides is 1. The van der Waals surface area contributed by atoms with Crippen LogP contribution in [0, 0.1) is 0 Å². The molecule has 0 fully saturated rings. The van der Waals surface area contributed by atoms with Crippen LogP contribution in [0.15, 0.2) is 41.0 Å². The Bertz CT molecular complexity index is 562. The van der Waals surface area contributed by atoms with Gasteiger partial charge in [-0.25, -0.2) is 0 Å². The number of halogens is 2. The maximum atomic E-state index is 11.8. The molecule has 1 amide bonds. The third-order valence-electron chi connectivity index (χ3n) is 3.17. The van der Waals surface area contributed by atoms with E-state index in [2.05, 4.69) is 5.32 Å². The molecule has 0 bridgehead atoms. The quantitative estimate of drug-likeness (QED) is 0.772. The van der Waals surface area contributed by atoms with Crippen molar-refractivity contribution < 1.29 is 9.21 Å². The molecular formula is C16H17Cl2NO2. The summed E-state index contributed by atoms with van der Waals surface area (Å²) in [6.07, 6.45) is 4.25. The maximum absolute atomic E-state index is 11.8. The highest BCUT2D eigenvalue weighted by molar-refractivity contribution is 6.36. The highest BCUT2D eigenvalue weighted by Gasteiger charge is 2.08. The molecule has 2 rings (SSSR count). The molecule has 1 N–H and O–H groups in total. The van der Waals surface area contributed by atoms with Crippen LogP contribution in [0.1, 0.15) is 24.2 Å². The molecule has 5 heteroatoms. The smallest absolute Gasteiger partial charge is 0.220 e. The van der Waals surface area contributed by atoms with Gasteiger partial charge in [-0.3, -0.25) is 4.79 Å². The molecule has 21 heavy (non-hydrogen) atoms. The summed E-state index contributed by atoms with van der Waals surface area (Å²) in [5, 5.41) is 4.10. The zero-order valence-corrected chi connectivity index (χ0v) is 13.1. The second-order valence-corrected chi connectivity index (χ2v) is 5.55. The number of carbonyl (C=O) groups excluding carboxylic acids is 1. The molecule has 2 aromatic rings. The Balaban J connectivity index is 1.68. The fraction of sp³-hybridized carbons (Fsp3) is 0.312. The Morgan fingerprint density at radius 2 is 1.86 bits per heavy atom. The topological polar surface area (TPSA) is 42.2 Å². The zero-order chi connectivity index (χ0) is 15.1. The van der Waals surface area contributed by atoms with Crippen molar-refractivity contribution in [2.45, 2.75) is 25.7 Å². The van der Waals surface area contributed by atoms with E-state index in [0.29, 0.717) is 29.4 Å². The summed E-state index contributed by atoms with van der Waals surface area (Å²) >= 11 is 12.1. The normalized spacial score (nSPS) is 10.6. The fourth-order valence-corrected chi connectivity index (χ4v) is 2.63. The lowest BCUT2D eigenvalue weighted by molar-refractivity contribution is -0.121. The number of rotatable bonds is 7. The van der Waals surface area contributed by atoms with E-state index in [1.807, 2.05) is 12.1 Å². The molecule has 112 valence electrons. The molecule has 1 heterocycles. The lowest BCUT2D eigenvalue weighted by Crippen LogP contribution is -2.25. The van der Waals surface area contributed by atoms with Crippen LogP contribution in [-0.2, 0) is 17.6 Å². The minimum atomic E-state index is 0.00503. The Labute approximate surface area is 134 Å². The monoisotopic (exact) mass is 325 g/mol. The molecule has 1 aromatic carbocycles. The van der Waals surface area contributed by atoms with Crippen LogP contribution >= 0.6 is 23.2 Å². The molecule has 0 saturated carbocycles. The predicted octanol–water partition coefficient (Wildman–Crippen LogP) is 4.27. The minimum absolute atomic E-state index is 0.00503. The highest BCUT2D eigenvalue weighted by Crippen LogP contribution is 2.25. The van der Waals surface area contributed by atoms with Crippen LogP contribution in [0.25, 0.3) is 0 Å². The zero-order valence-electron chi connectivity index (χ0n) is 11.6. The fourth-order valence-electron chi connectivity index (χ4n) is 2.04. The van der Waals surface area contributed by atoms with Crippen LogP contribution in [-0.4, -0.2) is 12.5 Å². The lowest BCUT2D eigenvalue weighted by atomic mass is 10.1. The van der Waals surface area contributed by atoms with E-state index in [-0.39, 0.29) is 5.91 Å². The average Bonchev–Trinajstić information content (AvgIpc) is 2.96. The first-order valence-electron chi connectivity index (χ1n) is 6.89. The van der Waals surface area contributed by atoms with Crippen molar-refractivity contribution in [2.75, 3.05) is 6.54 Å². The summed E-state index contributed by atoms with van der Waals surface area (Å²) in [5.41, 5.74) is 0.826. The van der Waals surface area contributed by atoms with Gasteiger partial charge in [-0.2, -0.15) is 0 Å². The molecule has 0 spiro atoms. The number of hydrogen-bond acceptors (Lipinski definition) is 2. The Morgan fingerprint density at radius 1 is 1.10 bits per heavy atom. The number of furan rings is 1. The summed E-state index contributed by atoms with van der Waals surface area (Å²) in [5.74, 6) is 0.942. The van der Waals surface area contributed by atoms with Gasteiger partial charge < -0.3 is 9.73 Å². The minimum Gasteiger partial charge on any atom is -0.469 e. The summed E-state index contributed by atoms with van der Waals surface area (Å²) in [6, 6.07) is 9.15. The molecule has 0 unspecified atom stereocenters. The van der Waals surface area contributed by atoms with Crippen LogP contribution in [0.2, 0.25) is 10.0 Å². The molecule has 0 aliphatic rings. The van der Waals surface area contributed by atoms with Gasteiger partial charge in [0.25, 0.3) is 0 Å². The third-order valence-corrected chi connectivity index (χ3v) is 3.87. The van der Waals surface area contributed by atoms with Crippen LogP contribution in [0.4, 0.5) is 0 Å². The van der Waals surface area contributed by atoms with Crippen molar-refractivity contribution in [2.24, 2.45) is 0 Å². The largest absolute Gasteiger partial charge is 0.469 e. The second-order valence-electron chi connectivity index (χ2n) is 4.73. The van der Waals surface area contributed by atoms with Crippen LogP contribution in [0.3, 0.4) is 0 Å². The van der Waals surface area contributed by atoms with Crippen LogP contribution < -0.4 is 5.32 Å². The van der Waals surface area contributed by atoms with E-state index in [0.717, 1.165) is 24.2 Å². The average molecular weight is 326 g/mol. The van der Waals surface area contributed by atoms with Gasteiger partial charge in [0, 0.05) is 29.4 Å². The molecule has 1 aromatic heterocycles. The third kappa shape index (κ3) is 5.10. The van der Waals surface area contributed by atoms with E-state index < -0.39 is 0 Å².